The number of carbonyl (C=O) groups excluding carboxylic acids is 1. The summed E-state index contributed by atoms with van der Waals surface area (Å²) in [4.78, 5) is 13.6. The molecule has 1 heterocycles. The van der Waals surface area contributed by atoms with E-state index in [-0.39, 0.29) is 39.6 Å². The summed E-state index contributed by atoms with van der Waals surface area (Å²) in [7, 11) is 0. The molecule has 6 nitrogen and oxygen atoms in total. The Morgan fingerprint density at radius 1 is 1.29 bits per heavy atom. The third-order valence-corrected chi connectivity index (χ3v) is 8.14. The number of rotatable bonds is 10. The Balaban J connectivity index is 2.25. The Bertz CT molecular complexity index is 1210. The standard InChI is InChI=1S/C28H33Cl2F2N3O3/c1-4-27(2,3)13-22-28(15-33,19-9-8-16(29)12-21(19)31)23(18-6-5-7-20(30)24(18)32)25(35-22)26(38)34-11-10-17(37)14-36/h5-9,12,17,22-23,25,35-37H,4,10-11,13-14H2,1-3H3,(H,34,38)/t17-,22?,23?,25?,28?/m0/s1. The summed E-state index contributed by atoms with van der Waals surface area (Å²) in [6.45, 7) is 5.58. The van der Waals surface area contributed by atoms with Gasteiger partial charge in [-0.1, -0.05) is 68.6 Å². The highest BCUT2D eigenvalue weighted by Crippen LogP contribution is 2.53. The van der Waals surface area contributed by atoms with Gasteiger partial charge < -0.3 is 20.8 Å². The predicted octanol–water partition coefficient (Wildman–Crippen LogP) is 4.84. The van der Waals surface area contributed by atoms with Crippen molar-refractivity contribution in [3.05, 3.63) is 69.2 Å². The molecule has 3 rings (SSSR count). The highest BCUT2D eigenvalue weighted by atomic mass is 35.5. The van der Waals surface area contributed by atoms with E-state index in [0.29, 0.717) is 6.42 Å². The van der Waals surface area contributed by atoms with E-state index in [1.165, 1.54) is 30.3 Å². The summed E-state index contributed by atoms with van der Waals surface area (Å²) < 4.78 is 31.2. The second-order valence-electron chi connectivity index (χ2n) is 10.6. The number of benzene rings is 2. The molecule has 1 aliphatic heterocycles. The van der Waals surface area contributed by atoms with Gasteiger partial charge in [0.1, 0.15) is 17.0 Å². The van der Waals surface area contributed by atoms with Crippen LogP contribution in [0.25, 0.3) is 0 Å². The summed E-state index contributed by atoms with van der Waals surface area (Å²) in [5, 5.41) is 35.5. The number of carbonyl (C=O) groups is 1. The second kappa shape index (κ2) is 12.3. The maximum absolute atomic E-state index is 15.6. The SMILES string of the molecule is CCC(C)(C)CC1NC(C(=O)NCC[C@H](O)CO)C(c2cccc(Cl)c2F)C1(C#N)c1ccc(Cl)cc1F. The molecule has 206 valence electrons. The predicted molar refractivity (Wildman–Crippen MR) is 143 cm³/mol. The van der Waals surface area contributed by atoms with Crippen molar-refractivity contribution < 1.29 is 23.8 Å². The first-order chi connectivity index (χ1) is 17.9. The largest absolute Gasteiger partial charge is 0.394 e. The zero-order valence-electron chi connectivity index (χ0n) is 21.6. The molecule has 0 saturated carbocycles. The molecule has 2 aromatic carbocycles. The third kappa shape index (κ3) is 5.98. The van der Waals surface area contributed by atoms with Crippen LogP contribution in [-0.2, 0) is 10.2 Å². The Morgan fingerprint density at radius 2 is 2.00 bits per heavy atom. The molecular formula is C28H33Cl2F2N3O3. The van der Waals surface area contributed by atoms with Crippen LogP contribution in [0, 0.1) is 28.4 Å². The molecule has 5 atom stereocenters. The van der Waals surface area contributed by atoms with Crippen LogP contribution < -0.4 is 10.6 Å². The molecule has 10 heteroatoms. The van der Waals surface area contributed by atoms with Crippen LogP contribution >= 0.6 is 23.2 Å². The van der Waals surface area contributed by atoms with Crippen molar-refractivity contribution in [2.45, 2.75) is 69.6 Å². The van der Waals surface area contributed by atoms with Gasteiger partial charge in [0.2, 0.25) is 5.91 Å². The number of hydrogen-bond donors (Lipinski definition) is 4. The maximum Gasteiger partial charge on any atom is 0.237 e. The van der Waals surface area contributed by atoms with Gasteiger partial charge in [0.25, 0.3) is 0 Å². The van der Waals surface area contributed by atoms with E-state index in [1.807, 2.05) is 20.8 Å². The van der Waals surface area contributed by atoms with Crippen LogP contribution in [0.15, 0.2) is 36.4 Å². The van der Waals surface area contributed by atoms with Gasteiger partial charge in [-0.05, 0) is 42.0 Å². The molecule has 4 unspecified atom stereocenters. The van der Waals surface area contributed by atoms with Gasteiger partial charge in [-0.15, -0.1) is 0 Å². The van der Waals surface area contributed by atoms with Crippen LogP contribution in [0.4, 0.5) is 8.78 Å². The molecule has 1 aliphatic rings. The van der Waals surface area contributed by atoms with Crippen molar-refractivity contribution in [2.24, 2.45) is 5.41 Å². The zero-order valence-corrected chi connectivity index (χ0v) is 23.1. The van der Waals surface area contributed by atoms with Gasteiger partial charge in [0.05, 0.1) is 29.8 Å². The number of aliphatic hydroxyl groups is 2. The smallest absolute Gasteiger partial charge is 0.237 e. The molecule has 0 bridgehead atoms. The normalized spacial score (nSPS) is 24.2. The van der Waals surface area contributed by atoms with E-state index in [2.05, 4.69) is 16.7 Å². The Kier molecular flexibility index (Phi) is 9.77. The van der Waals surface area contributed by atoms with E-state index in [4.69, 9.17) is 28.3 Å². The lowest BCUT2D eigenvalue weighted by Crippen LogP contribution is -2.46. The number of hydrogen-bond acceptors (Lipinski definition) is 5. The lowest BCUT2D eigenvalue weighted by Gasteiger charge is -2.38. The van der Waals surface area contributed by atoms with Crippen LogP contribution in [0.1, 0.15) is 57.1 Å². The van der Waals surface area contributed by atoms with Crippen molar-refractivity contribution in [1.82, 2.24) is 10.6 Å². The molecule has 1 saturated heterocycles. The molecule has 1 fully saturated rings. The van der Waals surface area contributed by atoms with E-state index in [0.717, 1.165) is 12.5 Å². The average molecular weight is 568 g/mol. The molecule has 2 aromatic rings. The monoisotopic (exact) mass is 567 g/mol. The molecule has 0 aliphatic carbocycles. The van der Waals surface area contributed by atoms with Crippen molar-refractivity contribution in [3.63, 3.8) is 0 Å². The second-order valence-corrected chi connectivity index (χ2v) is 11.4. The topological polar surface area (TPSA) is 105 Å². The number of nitrogens with zero attached hydrogens (tertiary/aromatic N) is 1. The van der Waals surface area contributed by atoms with Crippen LogP contribution in [0.5, 0.6) is 0 Å². The Morgan fingerprint density at radius 3 is 2.61 bits per heavy atom. The summed E-state index contributed by atoms with van der Waals surface area (Å²) in [6.07, 6.45) is 0.187. The molecule has 4 N–H and O–H groups in total. The van der Waals surface area contributed by atoms with Crippen LogP contribution in [0.2, 0.25) is 10.0 Å². The minimum atomic E-state index is -1.71. The average Bonchev–Trinajstić information content (AvgIpc) is 3.19. The summed E-state index contributed by atoms with van der Waals surface area (Å²) in [5.41, 5.74) is -2.01. The molecule has 38 heavy (non-hydrogen) atoms. The quantitative estimate of drug-likeness (QED) is 0.328. The lowest BCUT2D eigenvalue weighted by molar-refractivity contribution is -0.123. The van der Waals surface area contributed by atoms with Crippen molar-refractivity contribution in [2.75, 3.05) is 13.2 Å². The van der Waals surface area contributed by atoms with Crippen LogP contribution in [0.3, 0.4) is 0 Å². The van der Waals surface area contributed by atoms with Gasteiger partial charge in [-0.3, -0.25) is 4.79 Å². The summed E-state index contributed by atoms with van der Waals surface area (Å²) >= 11 is 12.2. The molecular weight excluding hydrogens is 535 g/mol. The number of amides is 1. The zero-order chi connectivity index (χ0) is 28.3. The summed E-state index contributed by atoms with van der Waals surface area (Å²) in [5.74, 6) is -3.24. The Labute approximate surface area is 232 Å². The first-order valence-electron chi connectivity index (χ1n) is 12.5. The van der Waals surface area contributed by atoms with Gasteiger partial charge in [0, 0.05) is 29.1 Å². The van der Waals surface area contributed by atoms with Crippen molar-refractivity contribution in [3.8, 4) is 6.07 Å². The fourth-order valence-corrected chi connectivity index (χ4v) is 5.55. The summed E-state index contributed by atoms with van der Waals surface area (Å²) in [6, 6.07) is 8.75. The first-order valence-corrected chi connectivity index (χ1v) is 13.3. The van der Waals surface area contributed by atoms with E-state index < -0.39 is 53.7 Å². The number of aliphatic hydroxyl groups excluding tert-OH is 2. The number of nitriles is 1. The lowest BCUT2D eigenvalue weighted by atomic mass is 9.62. The number of halogens is 4. The first kappa shape index (κ1) is 30.3. The minimum absolute atomic E-state index is 0.00387. The molecule has 0 aromatic heterocycles. The van der Waals surface area contributed by atoms with E-state index >= 15 is 8.78 Å². The van der Waals surface area contributed by atoms with Crippen molar-refractivity contribution >= 4 is 29.1 Å². The van der Waals surface area contributed by atoms with Crippen LogP contribution in [-0.4, -0.2) is 47.5 Å². The number of nitrogens with one attached hydrogen (secondary N) is 2. The fraction of sp³-hybridized carbons (Fsp3) is 0.500. The molecule has 0 spiro atoms. The maximum atomic E-state index is 15.6. The minimum Gasteiger partial charge on any atom is -0.394 e. The van der Waals surface area contributed by atoms with E-state index in [9.17, 15) is 15.2 Å². The Hall–Kier alpha value is -2.28. The third-order valence-electron chi connectivity index (χ3n) is 7.62. The fourth-order valence-electron chi connectivity index (χ4n) is 5.20. The van der Waals surface area contributed by atoms with Gasteiger partial charge in [-0.2, -0.15) is 5.26 Å². The van der Waals surface area contributed by atoms with Crippen molar-refractivity contribution in [1.29, 1.82) is 5.26 Å². The van der Waals surface area contributed by atoms with Gasteiger partial charge in [-0.25, -0.2) is 8.78 Å². The highest BCUT2D eigenvalue weighted by Gasteiger charge is 2.61. The van der Waals surface area contributed by atoms with E-state index in [1.54, 1.807) is 0 Å². The molecule has 0 radical (unpaired) electrons. The highest BCUT2D eigenvalue weighted by molar-refractivity contribution is 6.31. The van der Waals surface area contributed by atoms with Gasteiger partial charge >= 0.3 is 0 Å². The molecule has 1 amide bonds. The van der Waals surface area contributed by atoms with Gasteiger partial charge in [0.15, 0.2) is 0 Å².